The van der Waals surface area contributed by atoms with E-state index in [1.807, 2.05) is 31.7 Å². The van der Waals surface area contributed by atoms with E-state index in [0.29, 0.717) is 37.4 Å². The molecular formula is C22H25N3O4. The van der Waals surface area contributed by atoms with Crippen LogP contribution in [-0.2, 0) is 4.79 Å². The Kier molecular flexibility index (Phi) is 5.68. The molecule has 1 fully saturated rings. The summed E-state index contributed by atoms with van der Waals surface area (Å²) < 4.78 is 0. The SMILES string of the molecule is CC(C)(C)C(=O)N1CCN(c2ccc(C(=O)c3ccccc3)cc2[N+](=O)[O-])CC1. The van der Waals surface area contributed by atoms with Gasteiger partial charge in [0, 0.05) is 48.8 Å². The first-order chi connectivity index (χ1) is 13.7. The van der Waals surface area contributed by atoms with Gasteiger partial charge in [0.1, 0.15) is 5.69 Å². The van der Waals surface area contributed by atoms with E-state index >= 15 is 0 Å². The van der Waals surface area contributed by atoms with Gasteiger partial charge in [-0.1, -0.05) is 51.1 Å². The average molecular weight is 395 g/mol. The number of benzene rings is 2. The van der Waals surface area contributed by atoms with Gasteiger partial charge in [0.05, 0.1) is 4.92 Å². The van der Waals surface area contributed by atoms with Crippen molar-refractivity contribution in [3.63, 3.8) is 0 Å². The zero-order valence-electron chi connectivity index (χ0n) is 16.9. The van der Waals surface area contributed by atoms with E-state index in [0.717, 1.165) is 0 Å². The molecule has 0 radical (unpaired) electrons. The summed E-state index contributed by atoms with van der Waals surface area (Å²) in [6.07, 6.45) is 0. The molecule has 0 spiro atoms. The third-order valence-corrected chi connectivity index (χ3v) is 5.02. The molecule has 7 nitrogen and oxygen atoms in total. The fourth-order valence-electron chi connectivity index (χ4n) is 3.46. The second kappa shape index (κ2) is 8.03. The molecule has 1 saturated heterocycles. The first-order valence-electron chi connectivity index (χ1n) is 9.61. The Balaban J connectivity index is 1.81. The van der Waals surface area contributed by atoms with Gasteiger partial charge in [-0.15, -0.1) is 0 Å². The maximum absolute atomic E-state index is 12.6. The van der Waals surface area contributed by atoms with Crippen LogP contribution in [0.4, 0.5) is 11.4 Å². The molecule has 0 aromatic heterocycles. The lowest BCUT2D eigenvalue weighted by Crippen LogP contribution is -2.51. The van der Waals surface area contributed by atoms with Gasteiger partial charge in [-0.25, -0.2) is 0 Å². The summed E-state index contributed by atoms with van der Waals surface area (Å²) in [4.78, 5) is 40.0. The standard InChI is InChI=1S/C22H25N3O4/c1-22(2,3)21(27)24-13-11-23(12-14-24)18-10-9-17(15-19(18)25(28)29)20(26)16-7-5-4-6-8-16/h4-10,15H,11-14H2,1-3H3. The largest absolute Gasteiger partial charge is 0.362 e. The number of hydrogen-bond donors (Lipinski definition) is 0. The molecule has 2 aromatic carbocycles. The molecule has 1 amide bonds. The van der Waals surface area contributed by atoms with Crippen molar-refractivity contribution in [3.05, 3.63) is 69.8 Å². The molecule has 1 heterocycles. The van der Waals surface area contributed by atoms with Gasteiger partial charge < -0.3 is 9.80 Å². The number of nitrogens with zero attached hydrogens (tertiary/aromatic N) is 3. The van der Waals surface area contributed by atoms with E-state index in [-0.39, 0.29) is 22.9 Å². The molecule has 1 aliphatic heterocycles. The Labute approximate surface area is 170 Å². The summed E-state index contributed by atoms with van der Waals surface area (Å²) in [7, 11) is 0. The highest BCUT2D eigenvalue weighted by Crippen LogP contribution is 2.31. The lowest BCUT2D eigenvalue weighted by molar-refractivity contribution is -0.384. The van der Waals surface area contributed by atoms with Crippen molar-refractivity contribution in [1.82, 2.24) is 4.90 Å². The highest BCUT2D eigenvalue weighted by atomic mass is 16.6. The molecule has 0 bridgehead atoms. The molecule has 0 unspecified atom stereocenters. The van der Waals surface area contributed by atoms with Crippen LogP contribution in [0.1, 0.15) is 36.7 Å². The monoisotopic (exact) mass is 395 g/mol. The van der Waals surface area contributed by atoms with Crippen molar-refractivity contribution in [2.24, 2.45) is 5.41 Å². The molecule has 29 heavy (non-hydrogen) atoms. The Bertz CT molecular complexity index is 927. The number of rotatable bonds is 4. The number of nitro groups is 1. The number of hydrogen-bond acceptors (Lipinski definition) is 5. The second-order valence-electron chi connectivity index (χ2n) is 8.19. The smallest absolute Gasteiger partial charge is 0.293 e. The maximum Gasteiger partial charge on any atom is 0.293 e. The number of anilines is 1. The van der Waals surface area contributed by atoms with E-state index in [1.165, 1.54) is 6.07 Å². The first kappa shape index (κ1) is 20.5. The normalized spacial score (nSPS) is 14.6. The zero-order valence-corrected chi connectivity index (χ0v) is 16.9. The molecule has 152 valence electrons. The molecule has 0 aliphatic carbocycles. The summed E-state index contributed by atoms with van der Waals surface area (Å²) in [5.41, 5.74) is 0.704. The number of ketones is 1. The fraction of sp³-hybridized carbons (Fsp3) is 0.364. The van der Waals surface area contributed by atoms with Crippen molar-refractivity contribution in [2.45, 2.75) is 20.8 Å². The molecular weight excluding hydrogens is 370 g/mol. The second-order valence-corrected chi connectivity index (χ2v) is 8.19. The van der Waals surface area contributed by atoms with Gasteiger partial charge in [0.25, 0.3) is 5.69 Å². The minimum absolute atomic E-state index is 0.0791. The van der Waals surface area contributed by atoms with Crippen LogP contribution >= 0.6 is 0 Å². The van der Waals surface area contributed by atoms with Gasteiger partial charge in [-0.2, -0.15) is 0 Å². The van der Waals surface area contributed by atoms with Gasteiger partial charge in [0.2, 0.25) is 5.91 Å². The van der Waals surface area contributed by atoms with Crippen molar-refractivity contribution in [1.29, 1.82) is 0 Å². The molecule has 7 heteroatoms. The van der Waals surface area contributed by atoms with Gasteiger partial charge in [-0.05, 0) is 12.1 Å². The summed E-state index contributed by atoms with van der Waals surface area (Å²) in [6.45, 7) is 7.69. The van der Waals surface area contributed by atoms with Crippen LogP contribution in [0.25, 0.3) is 0 Å². The topological polar surface area (TPSA) is 83.8 Å². The van der Waals surface area contributed by atoms with E-state index in [9.17, 15) is 19.7 Å². The molecule has 1 aliphatic rings. The lowest BCUT2D eigenvalue weighted by atomic mass is 9.94. The molecule has 0 saturated carbocycles. The maximum atomic E-state index is 12.6. The van der Waals surface area contributed by atoms with Crippen molar-refractivity contribution < 1.29 is 14.5 Å². The number of amides is 1. The zero-order chi connectivity index (χ0) is 21.2. The van der Waals surface area contributed by atoms with Gasteiger partial charge in [-0.3, -0.25) is 19.7 Å². The minimum Gasteiger partial charge on any atom is -0.362 e. The predicted molar refractivity (Wildman–Crippen MR) is 111 cm³/mol. The number of carbonyl (C=O) groups excluding carboxylic acids is 2. The van der Waals surface area contributed by atoms with Crippen LogP contribution in [0.15, 0.2) is 48.5 Å². The summed E-state index contributed by atoms with van der Waals surface area (Å²) in [5, 5.41) is 11.7. The number of nitro benzene ring substituents is 1. The Morgan fingerprint density at radius 1 is 0.931 bits per heavy atom. The number of piperazine rings is 1. The van der Waals surface area contributed by atoms with Crippen LogP contribution in [0.2, 0.25) is 0 Å². The first-order valence-corrected chi connectivity index (χ1v) is 9.61. The van der Waals surface area contributed by atoms with E-state index in [2.05, 4.69) is 0 Å². The van der Waals surface area contributed by atoms with Crippen molar-refractivity contribution >= 4 is 23.1 Å². The Morgan fingerprint density at radius 2 is 1.55 bits per heavy atom. The average Bonchev–Trinajstić information content (AvgIpc) is 2.72. The molecule has 2 aromatic rings. The summed E-state index contributed by atoms with van der Waals surface area (Å²) in [6, 6.07) is 13.3. The molecule has 0 atom stereocenters. The molecule has 0 N–H and O–H groups in total. The van der Waals surface area contributed by atoms with E-state index in [1.54, 1.807) is 41.3 Å². The number of carbonyl (C=O) groups is 2. The van der Waals surface area contributed by atoms with Crippen LogP contribution in [-0.4, -0.2) is 47.7 Å². The summed E-state index contributed by atoms with van der Waals surface area (Å²) >= 11 is 0. The third kappa shape index (κ3) is 4.45. The van der Waals surface area contributed by atoms with Crippen molar-refractivity contribution in [3.8, 4) is 0 Å². The quantitative estimate of drug-likeness (QED) is 0.449. The Morgan fingerprint density at radius 3 is 2.10 bits per heavy atom. The molecule has 3 rings (SSSR count). The van der Waals surface area contributed by atoms with Crippen molar-refractivity contribution in [2.75, 3.05) is 31.1 Å². The van der Waals surface area contributed by atoms with E-state index < -0.39 is 10.3 Å². The van der Waals surface area contributed by atoms with Gasteiger partial charge >= 0.3 is 0 Å². The predicted octanol–water partition coefficient (Wildman–Crippen LogP) is 3.52. The third-order valence-electron chi connectivity index (χ3n) is 5.02. The van der Waals surface area contributed by atoms with E-state index in [4.69, 9.17) is 0 Å². The Hall–Kier alpha value is -3.22. The van der Waals surface area contributed by atoms with Gasteiger partial charge in [0.15, 0.2) is 5.78 Å². The minimum atomic E-state index is -0.455. The summed E-state index contributed by atoms with van der Waals surface area (Å²) in [5.74, 6) is -0.170. The highest BCUT2D eigenvalue weighted by molar-refractivity contribution is 6.09. The van der Waals surface area contributed by atoms with Crippen LogP contribution < -0.4 is 4.90 Å². The van der Waals surface area contributed by atoms with Crippen LogP contribution in [0.5, 0.6) is 0 Å². The lowest BCUT2D eigenvalue weighted by Gasteiger charge is -2.38. The fourth-order valence-corrected chi connectivity index (χ4v) is 3.46. The van der Waals surface area contributed by atoms with Crippen LogP contribution in [0, 0.1) is 15.5 Å². The highest BCUT2D eigenvalue weighted by Gasteiger charge is 2.31. The van der Waals surface area contributed by atoms with Crippen LogP contribution in [0.3, 0.4) is 0 Å².